The van der Waals surface area contributed by atoms with Gasteiger partial charge < -0.3 is 10.7 Å². The molecule has 4 nitrogen and oxygen atoms in total. The summed E-state index contributed by atoms with van der Waals surface area (Å²) in [7, 11) is 0. The van der Waals surface area contributed by atoms with Gasteiger partial charge in [-0.05, 0) is 18.2 Å². The third-order valence-corrected chi connectivity index (χ3v) is 2.46. The van der Waals surface area contributed by atoms with Crippen LogP contribution in [-0.4, -0.2) is 4.98 Å². The summed E-state index contributed by atoms with van der Waals surface area (Å²) in [5.41, 5.74) is 2.31. The third-order valence-electron chi connectivity index (χ3n) is 2.16. The van der Waals surface area contributed by atoms with Crippen molar-refractivity contribution >= 4 is 28.9 Å². The summed E-state index contributed by atoms with van der Waals surface area (Å²) >= 11 is 5.75. The van der Waals surface area contributed by atoms with E-state index < -0.39 is 11.6 Å². The van der Waals surface area contributed by atoms with E-state index in [9.17, 15) is 8.78 Å². The average molecular weight is 271 g/mol. The minimum absolute atomic E-state index is 0.0419. The van der Waals surface area contributed by atoms with Crippen molar-refractivity contribution in [1.82, 2.24) is 4.98 Å². The quantitative estimate of drug-likeness (QED) is 0.592. The monoisotopic (exact) mass is 270 g/mol. The van der Waals surface area contributed by atoms with E-state index in [1.165, 1.54) is 0 Å². The molecule has 0 saturated carbocycles. The van der Waals surface area contributed by atoms with Crippen LogP contribution in [0.1, 0.15) is 0 Å². The number of nitrogen functional groups attached to an aromatic ring is 1. The van der Waals surface area contributed by atoms with Crippen LogP contribution in [0.2, 0.25) is 5.02 Å². The molecule has 0 atom stereocenters. The Balaban J connectivity index is 2.33. The van der Waals surface area contributed by atoms with E-state index >= 15 is 0 Å². The number of benzene rings is 1. The Bertz CT molecular complexity index is 554. The Morgan fingerprint density at radius 2 is 1.89 bits per heavy atom. The number of nitrogens with zero attached hydrogens (tertiary/aromatic N) is 1. The number of aromatic nitrogens is 1. The van der Waals surface area contributed by atoms with Gasteiger partial charge in [-0.1, -0.05) is 17.7 Å². The van der Waals surface area contributed by atoms with Gasteiger partial charge in [0.25, 0.3) is 0 Å². The smallest absolute Gasteiger partial charge is 0.151 e. The first kappa shape index (κ1) is 12.5. The molecule has 0 spiro atoms. The molecule has 0 unspecified atom stereocenters. The van der Waals surface area contributed by atoms with Gasteiger partial charge in [-0.2, -0.15) is 0 Å². The summed E-state index contributed by atoms with van der Waals surface area (Å²) in [4.78, 5) is 4.02. The summed E-state index contributed by atoms with van der Waals surface area (Å²) in [6.07, 6.45) is 0. The van der Waals surface area contributed by atoms with Gasteiger partial charge in [0, 0.05) is 6.07 Å². The number of anilines is 3. The van der Waals surface area contributed by atoms with Crippen molar-refractivity contribution in [1.29, 1.82) is 0 Å². The summed E-state index contributed by atoms with van der Waals surface area (Å²) in [6, 6.07) is 6.64. The number of rotatable bonds is 3. The molecule has 0 amide bonds. The molecule has 2 rings (SSSR count). The third kappa shape index (κ3) is 2.66. The van der Waals surface area contributed by atoms with Crippen LogP contribution in [0, 0.1) is 11.6 Å². The Hall–Kier alpha value is -1.92. The Labute approximate surface area is 107 Å². The summed E-state index contributed by atoms with van der Waals surface area (Å²) in [6.45, 7) is 0. The Kier molecular flexibility index (Phi) is 3.59. The minimum Gasteiger partial charge on any atom is -0.337 e. The molecule has 4 N–H and O–H groups in total. The lowest BCUT2D eigenvalue weighted by molar-refractivity contribution is 0.586. The van der Waals surface area contributed by atoms with Gasteiger partial charge in [0.05, 0.1) is 10.7 Å². The number of hydrazine groups is 1. The van der Waals surface area contributed by atoms with E-state index in [4.69, 9.17) is 17.4 Å². The van der Waals surface area contributed by atoms with Gasteiger partial charge in [-0.15, -0.1) is 0 Å². The summed E-state index contributed by atoms with van der Waals surface area (Å²) in [5.74, 6) is 4.39. The van der Waals surface area contributed by atoms with Crippen molar-refractivity contribution in [2.24, 2.45) is 5.84 Å². The van der Waals surface area contributed by atoms with E-state index in [-0.39, 0.29) is 10.7 Å². The van der Waals surface area contributed by atoms with E-state index in [2.05, 4.69) is 15.7 Å². The maximum absolute atomic E-state index is 13.5. The lowest BCUT2D eigenvalue weighted by Gasteiger charge is -2.10. The van der Waals surface area contributed by atoms with Crippen molar-refractivity contribution in [3.63, 3.8) is 0 Å². The Morgan fingerprint density at radius 1 is 1.17 bits per heavy atom. The average Bonchev–Trinajstić information content (AvgIpc) is 2.34. The van der Waals surface area contributed by atoms with Gasteiger partial charge in [0.1, 0.15) is 17.5 Å². The predicted octanol–water partition coefficient (Wildman–Crippen LogP) is 3.04. The normalized spacial score (nSPS) is 10.2. The topological polar surface area (TPSA) is 63.0 Å². The second-order valence-corrected chi connectivity index (χ2v) is 3.83. The minimum atomic E-state index is -0.798. The highest BCUT2D eigenvalue weighted by molar-refractivity contribution is 6.33. The van der Waals surface area contributed by atoms with Crippen LogP contribution in [0.3, 0.4) is 0 Å². The fourth-order valence-electron chi connectivity index (χ4n) is 1.37. The molecule has 1 aromatic carbocycles. The van der Waals surface area contributed by atoms with Crippen LogP contribution in [0.15, 0.2) is 30.3 Å². The fourth-order valence-corrected chi connectivity index (χ4v) is 1.62. The van der Waals surface area contributed by atoms with Crippen molar-refractivity contribution < 1.29 is 8.78 Å². The number of hydrogen-bond donors (Lipinski definition) is 3. The van der Waals surface area contributed by atoms with Gasteiger partial charge in [0.2, 0.25) is 0 Å². The second kappa shape index (κ2) is 5.16. The van der Waals surface area contributed by atoms with Crippen molar-refractivity contribution in [3.05, 3.63) is 47.0 Å². The number of halogens is 3. The zero-order valence-electron chi connectivity index (χ0n) is 9.05. The van der Waals surface area contributed by atoms with Crippen molar-refractivity contribution in [3.8, 4) is 0 Å². The number of nitrogens with one attached hydrogen (secondary N) is 2. The molecular weight excluding hydrogens is 262 g/mol. The maximum Gasteiger partial charge on any atom is 0.151 e. The zero-order chi connectivity index (χ0) is 13.1. The first-order valence-electron chi connectivity index (χ1n) is 4.95. The predicted molar refractivity (Wildman–Crippen MR) is 66.7 cm³/mol. The molecule has 94 valence electrons. The molecule has 0 aliphatic carbocycles. The highest BCUT2D eigenvalue weighted by Gasteiger charge is 2.10. The van der Waals surface area contributed by atoms with Crippen LogP contribution in [0.25, 0.3) is 0 Å². The largest absolute Gasteiger partial charge is 0.337 e. The molecule has 0 bridgehead atoms. The fraction of sp³-hybridized carbons (Fsp3) is 0. The van der Waals surface area contributed by atoms with Crippen LogP contribution in [0.4, 0.5) is 26.1 Å². The number of hydrogen-bond acceptors (Lipinski definition) is 4. The molecule has 0 fully saturated rings. The molecule has 1 aromatic heterocycles. The van der Waals surface area contributed by atoms with E-state index in [1.807, 2.05) is 0 Å². The van der Waals surface area contributed by atoms with Gasteiger partial charge in [-0.3, -0.25) is 0 Å². The van der Waals surface area contributed by atoms with Crippen LogP contribution < -0.4 is 16.6 Å². The summed E-state index contributed by atoms with van der Waals surface area (Å²) in [5, 5.41) is 2.59. The van der Waals surface area contributed by atoms with Crippen LogP contribution >= 0.6 is 11.6 Å². The molecule has 0 radical (unpaired) electrons. The van der Waals surface area contributed by atoms with E-state index in [0.29, 0.717) is 11.6 Å². The molecule has 0 aliphatic heterocycles. The number of pyridine rings is 1. The van der Waals surface area contributed by atoms with Crippen molar-refractivity contribution in [2.45, 2.75) is 0 Å². The van der Waals surface area contributed by atoms with Crippen molar-refractivity contribution in [2.75, 3.05) is 10.7 Å². The lowest BCUT2D eigenvalue weighted by Crippen LogP contribution is -2.09. The molecule has 0 aliphatic rings. The SMILES string of the molecule is NNc1cccc(Nc2c(F)cc(F)cc2Cl)n1. The summed E-state index contributed by atoms with van der Waals surface area (Å²) < 4.78 is 26.4. The van der Waals surface area contributed by atoms with Gasteiger partial charge in [0.15, 0.2) is 5.82 Å². The molecule has 18 heavy (non-hydrogen) atoms. The Morgan fingerprint density at radius 3 is 2.56 bits per heavy atom. The van der Waals surface area contributed by atoms with E-state index in [0.717, 1.165) is 12.1 Å². The standard InChI is InChI=1S/C11H9ClF2N4/c12-7-4-6(13)5-8(14)11(7)17-9-2-1-3-10(16-9)18-15/h1-5H,15H2,(H2,16,17,18). The van der Waals surface area contributed by atoms with Crippen LogP contribution in [0.5, 0.6) is 0 Å². The lowest BCUT2D eigenvalue weighted by atomic mass is 10.3. The second-order valence-electron chi connectivity index (χ2n) is 3.42. The van der Waals surface area contributed by atoms with Gasteiger partial charge in [-0.25, -0.2) is 19.6 Å². The molecule has 1 heterocycles. The highest BCUT2D eigenvalue weighted by atomic mass is 35.5. The molecular formula is C11H9ClF2N4. The molecule has 0 saturated heterocycles. The highest BCUT2D eigenvalue weighted by Crippen LogP contribution is 2.29. The zero-order valence-corrected chi connectivity index (χ0v) is 9.80. The maximum atomic E-state index is 13.5. The number of nitrogens with two attached hydrogens (primary N) is 1. The first-order chi connectivity index (χ1) is 8.60. The molecule has 2 aromatic rings. The van der Waals surface area contributed by atoms with Gasteiger partial charge >= 0.3 is 0 Å². The molecule has 7 heteroatoms. The first-order valence-corrected chi connectivity index (χ1v) is 5.33. The van der Waals surface area contributed by atoms with E-state index in [1.54, 1.807) is 18.2 Å². The van der Waals surface area contributed by atoms with Crippen LogP contribution in [-0.2, 0) is 0 Å².